The Hall–Kier alpha value is -0.710. The van der Waals surface area contributed by atoms with E-state index in [-0.39, 0.29) is 11.9 Å². The van der Waals surface area contributed by atoms with Gasteiger partial charge in [0.2, 0.25) is 0 Å². The molecule has 2 aromatic rings. The Kier molecular flexibility index (Phi) is 5.13. The van der Waals surface area contributed by atoms with Gasteiger partial charge >= 0.3 is 0 Å². The van der Waals surface area contributed by atoms with Gasteiger partial charge in [-0.2, -0.15) is 0 Å². The van der Waals surface area contributed by atoms with Gasteiger partial charge in [0.1, 0.15) is 5.82 Å². The van der Waals surface area contributed by atoms with Crippen LogP contribution in [0.25, 0.3) is 0 Å². The second kappa shape index (κ2) is 6.64. The van der Waals surface area contributed by atoms with E-state index in [4.69, 9.17) is 0 Å². The van der Waals surface area contributed by atoms with E-state index < -0.39 is 0 Å². The summed E-state index contributed by atoms with van der Waals surface area (Å²) in [7, 11) is 1.89. The number of benzene rings is 2. The zero-order valence-electron chi connectivity index (χ0n) is 10.5. The van der Waals surface area contributed by atoms with Crippen molar-refractivity contribution in [1.29, 1.82) is 0 Å². The summed E-state index contributed by atoms with van der Waals surface area (Å²) in [5, 5.41) is 3.24. The molecule has 0 aliphatic carbocycles. The molecule has 0 amide bonds. The minimum Gasteiger partial charge on any atom is -0.313 e. The molecular formula is C15H14Br2FN. The van der Waals surface area contributed by atoms with E-state index in [1.165, 1.54) is 5.56 Å². The van der Waals surface area contributed by atoms with Crippen LogP contribution in [0.2, 0.25) is 0 Å². The Morgan fingerprint density at radius 3 is 2.47 bits per heavy atom. The second-order valence-electron chi connectivity index (χ2n) is 4.31. The number of nitrogens with one attached hydrogen (secondary N) is 1. The highest BCUT2D eigenvalue weighted by atomic mass is 79.9. The van der Waals surface area contributed by atoms with Crippen molar-refractivity contribution in [2.45, 2.75) is 12.5 Å². The normalized spacial score (nSPS) is 12.4. The third-order valence-electron chi connectivity index (χ3n) is 3.08. The number of rotatable bonds is 4. The molecule has 0 spiro atoms. The van der Waals surface area contributed by atoms with Crippen molar-refractivity contribution in [3.63, 3.8) is 0 Å². The van der Waals surface area contributed by atoms with Gasteiger partial charge in [-0.1, -0.05) is 40.2 Å². The summed E-state index contributed by atoms with van der Waals surface area (Å²) in [6.07, 6.45) is 0.805. The van der Waals surface area contributed by atoms with E-state index in [1.54, 1.807) is 12.1 Å². The molecule has 2 rings (SSSR count). The molecule has 0 aliphatic rings. The van der Waals surface area contributed by atoms with Gasteiger partial charge < -0.3 is 5.32 Å². The van der Waals surface area contributed by atoms with Crippen molar-refractivity contribution in [1.82, 2.24) is 5.32 Å². The summed E-state index contributed by atoms with van der Waals surface area (Å²) in [6, 6.07) is 13.4. The summed E-state index contributed by atoms with van der Waals surface area (Å²) >= 11 is 6.72. The molecule has 0 bridgehead atoms. The lowest BCUT2D eigenvalue weighted by atomic mass is 9.99. The largest absolute Gasteiger partial charge is 0.313 e. The van der Waals surface area contributed by atoms with Crippen molar-refractivity contribution < 1.29 is 4.39 Å². The number of likely N-dealkylation sites (N-methyl/N-ethyl adjacent to an activating group) is 1. The van der Waals surface area contributed by atoms with E-state index in [0.29, 0.717) is 4.47 Å². The maximum absolute atomic E-state index is 13.6. The molecule has 2 aromatic carbocycles. The SMILES string of the molecule is CNC(Cc1ccccc1Br)c1ccc(Br)c(F)c1. The zero-order valence-corrected chi connectivity index (χ0v) is 13.6. The lowest BCUT2D eigenvalue weighted by Gasteiger charge is -2.18. The van der Waals surface area contributed by atoms with Gasteiger partial charge in [0.25, 0.3) is 0 Å². The standard InChI is InChI=1S/C15H14Br2FN/c1-19-15(9-10-4-2-3-5-12(10)16)11-6-7-13(17)14(18)8-11/h2-8,15,19H,9H2,1H3. The molecule has 0 saturated carbocycles. The van der Waals surface area contributed by atoms with Crippen molar-refractivity contribution in [2.24, 2.45) is 0 Å². The van der Waals surface area contributed by atoms with Crippen LogP contribution >= 0.6 is 31.9 Å². The Morgan fingerprint density at radius 2 is 1.84 bits per heavy atom. The number of hydrogen-bond donors (Lipinski definition) is 1. The summed E-state index contributed by atoms with van der Waals surface area (Å²) in [4.78, 5) is 0. The van der Waals surface area contributed by atoms with Gasteiger partial charge in [-0.05, 0) is 58.7 Å². The molecule has 1 unspecified atom stereocenters. The van der Waals surface area contributed by atoms with Crippen LogP contribution in [0.15, 0.2) is 51.4 Å². The Labute approximate surface area is 129 Å². The molecule has 1 N–H and O–H groups in total. The minimum atomic E-state index is -0.232. The molecule has 0 radical (unpaired) electrons. The zero-order chi connectivity index (χ0) is 13.8. The highest BCUT2D eigenvalue weighted by molar-refractivity contribution is 9.10. The van der Waals surface area contributed by atoms with Crippen molar-refractivity contribution in [2.75, 3.05) is 7.05 Å². The summed E-state index contributed by atoms with van der Waals surface area (Å²) in [5.41, 5.74) is 2.14. The summed E-state index contributed by atoms with van der Waals surface area (Å²) in [6.45, 7) is 0. The van der Waals surface area contributed by atoms with Crippen LogP contribution < -0.4 is 5.32 Å². The average Bonchev–Trinajstić information content (AvgIpc) is 2.41. The first kappa shape index (κ1) is 14.7. The maximum Gasteiger partial charge on any atom is 0.137 e. The number of halogens is 3. The van der Waals surface area contributed by atoms with Gasteiger partial charge in [0.05, 0.1) is 4.47 Å². The van der Waals surface area contributed by atoms with E-state index in [2.05, 4.69) is 43.2 Å². The van der Waals surface area contributed by atoms with Gasteiger partial charge in [-0.15, -0.1) is 0 Å². The van der Waals surface area contributed by atoms with Crippen molar-refractivity contribution in [3.05, 3.63) is 68.4 Å². The Balaban J connectivity index is 2.25. The van der Waals surface area contributed by atoms with Gasteiger partial charge in [0, 0.05) is 10.5 Å². The molecule has 0 aromatic heterocycles. The molecule has 1 nitrogen and oxygen atoms in total. The fourth-order valence-corrected chi connectivity index (χ4v) is 2.69. The molecule has 19 heavy (non-hydrogen) atoms. The van der Waals surface area contributed by atoms with Crippen molar-refractivity contribution in [3.8, 4) is 0 Å². The Morgan fingerprint density at radius 1 is 1.11 bits per heavy atom. The lowest BCUT2D eigenvalue weighted by Crippen LogP contribution is -2.19. The summed E-state index contributed by atoms with van der Waals surface area (Å²) in [5.74, 6) is -0.232. The predicted octanol–water partition coefficient (Wildman–Crippen LogP) is 4.85. The lowest BCUT2D eigenvalue weighted by molar-refractivity contribution is 0.574. The molecule has 1 atom stereocenters. The summed E-state index contributed by atoms with van der Waals surface area (Å²) < 4.78 is 15.2. The van der Waals surface area contributed by atoms with Crippen LogP contribution in [0.3, 0.4) is 0 Å². The van der Waals surface area contributed by atoms with E-state index in [0.717, 1.165) is 16.5 Å². The first-order valence-corrected chi connectivity index (χ1v) is 7.56. The molecular weight excluding hydrogens is 373 g/mol. The minimum absolute atomic E-state index is 0.0845. The average molecular weight is 387 g/mol. The first-order chi connectivity index (χ1) is 9.11. The van der Waals surface area contributed by atoms with E-state index in [9.17, 15) is 4.39 Å². The molecule has 0 heterocycles. The monoisotopic (exact) mass is 385 g/mol. The van der Waals surface area contributed by atoms with Crippen molar-refractivity contribution >= 4 is 31.9 Å². The molecule has 4 heteroatoms. The topological polar surface area (TPSA) is 12.0 Å². The van der Waals surface area contributed by atoms with Gasteiger partial charge in [0.15, 0.2) is 0 Å². The molecule has 0 saturated heterocycles. The quantitative estimate of drug-likeness (QED) is 0.791. The van der Waals surface area contributed by atoms with Crippen LogP contribution in [0.4, 0.5) is 4.39 Å². The fraction of sp³-hybridized carbons (Fsp3) is 0.200. The maximum atomic E-state index is 13.6. The second-order valence-corrected chi connectivity index (χ2v) is 6.02. The third kappa shape index (κ3) is 3.65. The van der Waals surface area contributed by atoms with E-state index in [1.807, 2.05) is 31.3 Å². The number of hydrogen-bond acceptors (Lipinski definition) is 1. The van der Waals surface area contributed by atoms with Crippen LogP contribution in [0.1, 0.15) is 17.2 Å². The molecule has 0 fully saturated rings. The van der Waals surface area contributed by atoms with Gasteiger partial charge in [-0.3, -0.25) is 0 Å². The predicted molar refractivity (Wildman–Crippen MR) is 83.7 cm³/mol. The molecule has 0 aliphatic heterocycles. The third-order valence-corrected chi connectivity index (χ3v) is 4.49. The van der Waals surface area contributed by atoms with Crippen LogP contribution in [0.5, 0.6) is 0 Å². The Bertz CT molecular complexity index is 572. The van der Waals surface area contributed by atoms with Crippen LogP contribution in [-0.4, -0.2) is 7.05 Å². The van der Waals surface area contributed by atoms with Crippen LogP contribution in [-0.2, 0) is 6.42 Å². The fourth-order valence-electron chi connectivity index (χ4n) is 2.00. The van der Waals surface area contributed by atoms with Crippen LogP contribution in [0, 0.1) is 5.82 Å². The smallest absolute Gasteiger partial charge is 0.137 e. The van der Waals surface area contributed by atoms with E-state index >= 15 is 0 Å². The highest BCUT2D eigenvalue weighted by Crippen LogP contribution is 2.26. The first-order valence-electron chi connectivity index (χ1n) is 5.97. The highest BCUT2D eigenvalue weighted by Gasteiger charge is 2.13. The molecule has 100 valence electrons. The van der Waals surface area contributed by atoms with Gasteiger partial charge in [-0.25, -0.2) is 4.39 Å².